The molecule has 6 heteroatoms. The van der Waals surface area contributed by atoms with E-state index in [1.807, 2.05) is 78.9 Å². The molecule has 3 aromatic rings. The van der Waals surface area contributed by atoms with Crippen molar-refractivity contribution in [2.24, 2.45) is 0 Å². The molecule has 0 saturated carbocycles. The van der Waals surface area contributed by atoms with Crippen molar-refractivity contribution in [1.82, 2.24) is 0 Å². The maximum Gasteiger partial charge on any atom is 0.229 e. The van der Waals surface area contributed by atoms with Crippen molar-refractivity contribution in [2.75, 3.05) is 6.61 Å². The summed E-state index contributed by atoms with van der Waals surface area (Å²) in [6.07, 6.45) is -2.85. The maximum absolute atomic E-state index is 10.4. The standard InChI is InChI=1S/C24H24O6/c25-14-19-20(26)21(27)22(28)24(29-19)30-23-17(11-10-15-6-2-1-3-7-15)13-12-16-8-4-5-9-18(16)23/h1-13,19-22,24-28H,14H2/b11-10+/t19-,20-,21+,22-,24?/m1/s1. The monoisotopic (exact) mass is 408 g/mol. The van der Waals surface area contributed by atoms with Crippen LogP contribution < -0.4 is 4.74 Å². The molecule has 3 aromatic carbocycles. The van der Waals surface area contributed by atoms with Crippen LogP contribution in [0.25, 0.3) is 22.9 Å². The van der Waals surface area contributed by atoms with Crippen molar-refractivity contribution >= 4 is 22.9 Å². The predicted molar refractivity (Wildman–Crippen MR) is 114 cm³/mol. The van der Waals surface area contributed by atoms with Crippen LogP contribution >= 0.6 is 0 Å². The molecule has 1 aliphatic heterocycles. The Labute approximate surface area is 174 Å². The first-order chi connectivity index (χ1) is 14.6. The van der Waals surface area contributed by atoms with E-state index in [2.05, 4.69) is 0 Å². The van der Waals surface area contributed by atoms with Crippen molar-refractivity contribution in [2.45, 2.75) is 30.7 Å². The summed E-state index contributed by atoms with van der Waals surface area (Å²) in [5, 5.41) is 41.7. The summed E-state index contributed by atoms with van der Waals surface area (Å²) in [5.41, 5.74) is 1.78. The molecule has 0 spiro atoms. The molecular weight excluding hydrogens is 384 g/mol. The number of ether oxygens (including phenoxy) is 2. The highest BCUT2D eigenvalue weighted by Crippen LogP contribution is 2.34. The Morgan fingerprint density at radius 3 is 2.30 bits per heavy atom. The molecule has 1 heterocycles. The molecule has 156 valence electrons. The van der Waals surface area contributed by atoms with E-state index >= 15 is 0 Å². The second-order valence-corrected chi connectivity index (χ2v) is 7.26. The Morgan fingerprint density at radius 1 is 0.800 bits per heavy atom. The van der Waals surface area contributed by atoms with Gasteiger partial charge in [0.25, 0.3) is 0 Å². The molecule has 30 heavy (non-hydrogen) atoms. The molecule has 1 fully saturated rings. The summed E-state index contributed by atoms with van der Waals surface area (Å²) in [7, 11) is 0. The molecule has 1 aliphatic rings. The smallest absolute Gasteiger partial charge is 0.229 e. The Hall–Kier alpha value is -2.74. The lowest BCUT2D eigenvalue weighted by molar-refractivity contribution is -0.277. The number of rotatable bonds is 5. The Kier molecular flexibility index (Phi) is 6.13. The third-order valence-electron chi connectivity index (χ3n) is 5.25. The van der Waals surface area contributed by atoms with Crippen LogP contribution in [0.1, 0.15) is 11.1 Å². The van der Waals surface area contributed by atoms with E-state index in [9.17, 15) is 20.4 Å². The van der Waals surface area contributed by atoms with Gasteiger partial charge in [-0.3, -0.25) is 0 Å². The van der Waals surface area contributed by atoms with Gasteiger partial charge in [-0.25, -0.2) is 0 Å². The zero-order valence-corrected chi connectivity index (χ0v) is 16.2. The topological polar surface area (TPSA) is 99.4 Å². The van der Waals surface area contributed by atoms with E-state index in [-0.39, 0.29) is 0 Å². The fourth-order valence-corrected chi connectivity index (χ4v) is 3.55. The molecule has 0 radical (unpaired) electrons. The minimum Gasteiger partial charge on any atom is -0.461 e. The van der Waals surface area contributed by atoms with Crippen molar-refractivity contribution < 1.29 is 29.9 Å². The fourth-order valence-electron chi connectivity index (χ4n) is 3.55. The largest absolute Gasteiger partial charge is 0.461 e. The first-order valence-corrected chi connectivity index (χ1v) is 9.80. The number of fused-ring (bicyclic) bond motifs is 1. The van der Waals surface area contributed by atoms with E-state index in [0.29, 0.717) is 5.75 Å². The highest BCUT2D eigenvalue weighted by Gasteiger charge is 2.45. The highest BCUT2D eigenvalue weighted by atomic mass is 16.7. The van der Waals surface area contributed by atoms with Crippen LogP contribution in [0.15, 0.2) is 66.7 Å². The number of aliphatic hydroxyl groups is 4. The van der Waals surface area contributed by atoms with Gasteiger partial charge in [0.05, 0.1) is 6.61 Å². The molecule has 5 atom stereocenters. The normalized spacial score (nSPS) is 26.9. The van der Waals surface area contributed by atoms with E-state index in [1.54, 1.807) is 0 Å². The maximum atomic E-state index is 10.4. The summed E-state index contributed by atoms with van der Waals surface area (Å²) < 4.78 is 11.6. The highest BCUT2D eigenvalue weighted by molar-refractivity contribution is 5.93. The number of benzene rings is 3. The predicted octanol–water partition coefficient (Wildman–Crippen LogP) is 2.19. The van der Waals surface area contributed by atoms with E-state index in [4.69, 9.17) is 9.47 Å². The number of hydrogen-bond acceptors (Lipinski definition) is 6. The lowest BCUT2D eigenvalue weighted by Crippen LogP contribution is -2.60. The van der Waals surface area contributed by atoms with Crippen molar-refractivity contribution in [1.29, 1.82) is 0 Å². The SMILES string of the molecule is OC[C@H]1OC(Oc2c(/C=C/c3ccccc3)ccc3ccccc23)[C@H](O)[C@@H](O)[C@@H]1O. The van der Waals surface area contributed by atoms with Crippen LogP contribution in [0.3, 0.4) is 0 Å². The molecule has 6 nitrogen and oxygen atoms in total. The number of aliphatic hydroxyl groups excluding tert-OH is 4. The van der Waals surface area contributed by atoms with Crippen molar-refractivity contribution in [3.05, 3.63) is 77.9 Å². The van der Waals surface area contributed by atoms with Crippen LogP contribution in [0, 0.1) is 0 Å². The molecular formula is C24H24O6. The average molecular weight is 408 g/mol. The van der Waals surface area contributed by atoms with Gasteiger partial charge in [-0.2, -0.15) is 0 Å². The summed E-state index contributed by atoms with van der Waals surface area (Å²) >= 11 is 0. The molecule has 0 aromatic heterocycles. The van der Waals surface area contributed by atoms with Gasteiger partial charge >= 0.3 is 0 Å². The third kappa shape index (κ3) is 4.09. The first kappa shape index (κ1) is 20.5. The van der Waals surface area contributed by atoms with Crippen LogP contribution in [0.4, 0.5) is 0 Å². The minimum absolute atomic E-state index is 0.476. The third-order valence-corrected chi connectivity index (χ3v) is 5.25. The quantitative estimate of drug-likeness (QED) is 0.483. The molecule has 4 rings (SSSR count). The van der Waals surface area contributed by atoms with Gasteiger partial charge in [0.1, 0.15) is 30.2 Å². The van der Waals surface area contributed by atoms with Gasteiger partial charge in [-0.15, -0.1) is 0 Å². The van der Waals surface area contributed by atoms with Crippen LogP contribution in [0.2, 0.25) is 0 Å². The van der Waals surface area contributed by atoms with E-state index < -0.39 is 37.3 Å². The van der Waals surface area contributed by atoms with Crippen molar-refractivity contribution in [3.8, 4) is 5.75 Å². The van der Waals surface area contributed by atoms with Crippen molar-refractivity contribution in [3.63, 3.8) is 0 Å². The second-order valence-electron chi connectivity index (χ2n) is 7.26. The summed E-state index contributed by atoms with van der Waals surface area (Å²) in [5.74, 6) is 0.476. The lowest BCUT2D eigenvalue weighted by atomic mass is 9.99. The zero-order valence-electron chi connectivity index (χ0n) is 16.2. The zero-order chi connectivity index (χ0) is 21.1. The van der Waals surface area contributed by atoms with Gasteiger partial charge in [-0.1, -0.05) is 78.9 Å². The van der Waals surface area contributed by atoms with Gasteiger partial charge in [0, 0.05) is 10.9 Å². The molecule has 1 unspecified atom stereocenters. The van der Waals surface area contributed by atoms with Gasteiger partial charge in [-0.05, 0) is 10.9 Å². The Bertz CT molecular complexity index is 1020. The van der Waals surface area contributed by atoms with Gasteiger partial charge in [0.15, 0.2) is 0 Å². The van der Waals surface area contributed by atoms with Crippen LogP contribution in [-0.4, -0.2) is 57.7 Å². The fraction of sp³-hybridized carbons (Fsp3) is 0.250. The Morgan fingerprint density at radius 2 is 1.53 bits per heavy atom. The minimum atomic E-state index is -1.50. The van der Waals surface area contributed by atoms with E-state index in [1.165, 1.54) is 0 Å². The van der Waals surface area contributed by atoms with Gasteiger partial charge in [0.2, 0.25) is 6.29 Å². The van der Waals surface area contributed by atoms with Gasteiger partial charge < -0.3 is 29.9 Å². The second kappa shape index (κ2) is 8.95. The molecule has 0 amide bonds. The summed E-state index contributed by atoms with van der Waals surface area (Å²) in [6, 6.07) is 21.3. The number of hydrogen-bond donors (Lipinski definition) is 4. The Balaban J connectivity index is 1.72. The molecule has 0 aliphatic carbocycles. The molecule has 4 N–H and O–H groups in total. The van der Waals surface area contributed by atoms with Crippen LogP contribution in [0.5, 0.6) is 5.75 Å². The lowest BCUT2D eigenvalue weighted by Gasteiger charge is -2.39. The summed E-state index contributed by atoms with van der Waals surface area (Å²) in [4.78, 5) is 0. The molecule has 1 saturated heterocycles. The van der Waals surface area contributed by atoms with Crippen LogP contribution in [-0.2, 0) is 4.74 Å². The average Bonchev–Trinajstić information content (AvgIpc) is 2.79. The first-order valence-electron chi connectivity index (χ1n) is 9.80. The summed E-state index contributed by atoms with van der Waals surface area (Å²) in [6.45, 7) is -0.513. The van der Waals surface area contributed by atoms with E-state index in [0.717, 1.165) is 21.9 Å². The molecule has 0 bridgehead atoms.